The number of aromatic nitrogens is 2. The molecule has 0 radical (unpaired) electrons. The summed E-state index contributed by atoms with van der Waals surface area (Å²) in [5.74, 6) is 0. The summed E-state index contributed by atoms with van der Waals surface area (Å²) in [5, 5.41) is 12.8. The molecule has 0 aliphatic carbocycles. The number of aryl methyl sites for hydroxylation is 1. The smallest absolute Gasteiger partial charge is 0.102 e. The summed E-state index contributed by atoms with van der Waals surface area (Å²) in [7, 11) is 0. The minimum absolute atomic E-state index is 0.578. The average Bonchev–Trinajstić information content (AvgIpc) is 2.78. The molecule has 0 bridgehead atoms. The lowest BCUT2D eigenvalue weighted by Crippen LogP contribution is -1.93. The lowest BCUT2D eigenvalue weighted by molar-refractivity contribution is 0.879. The molecule has 1 aromatic carbocycles. The third-order valence-electron chi connectivity index (χ3n) is 2.32. The fraction of sp³-hybridized carbons (Fsp3) is 0.167. The molecule has 0 amide bonds. The maximum absolute atomic E-state index is 8.68. The molecule has 2 rings (SSSR count). The Kier molecular flexibility index (Phi) is 2.51. The zero-order valence-corrected chi connectivity index (χ0v) is 8.51. The second kappa shape index (κ2) is 3.97. The van der Waals surface area contributed by atoms with Gasteiger partial charge < -0.3 is 0 Å². The Labute approximate surface area is 88.6 Å². The van der Waals surface area contributed by atoms with E-state index in [4.69, 9.17) is 5.26 Å². The summed E-state index contributed by atoms with van der Waals surface area (Å²) in [6.07, 6.45) is 4.32. The first-order chi connectivity index (χ1) is 7.33. The highest BCUT2D eigenvalue weighted by Gasteiger charge is 1.99. The van der Waals surface area contributed by atoms with Crippen LogP contribution < -0.4 is 0 Å². The van der Waals surface area contributed by atoms with Crippen molar-refractivity contribution in [1.82, 2.24) is 9.78 Å². The summed E-state index contributed by atoms with van der Waals surface area (Å²) in [6, 6.07) is 10.2. The highest BCUT2D eigenvalue weighted by molar-refractivity contribution is 5.36. The summed E-state index contributed by atoms with van der Waals surface area (Å²) >= 11 is 0. The van der Waals surface area contributed by atoms with E-state index in [9.17, 15) is 0 Å². The van der Waals surface area contributed by atoms with Gasteiger partial charge in [-0.2, -0.15) is 10.4 Å². The summed E-state index contributed by atoms with van der Waals surface area (Å²) < 4.78 is 1.71. The molecule has 15 heavy (non-hydrogen) atoms. The number of hydrogen-bond donors (Lipinski definition) is 0. The van der Waals surface area contributed by atoms with Gasteiger partial charge in [-0.25, -0.2) is 4.68 Å². The van der Waals surface area contributed by atoms with Crippen molar-refractivity contribution in [3.05, 3.63) is 47.8 Å². The van der Waals surface area contributed by atoms with Crippen molar-refractivity contribution in [2.24, 2.45) is 0 Å². The van der Waals surface area contributed by atoms with Gasteiger partial charge in [0.25, 0.3) is 0 Å². The first kappa shape index (κ1) is 9.47. The highest BCUT2D eigenvalue weighted by Crippen LogP contribution is 2.10. The van der Waals surface area contributed by atoms with E-state index >= 15 is 0 Å². The second-order valence-corrected chi connectivity index (χ2v) is 3.31. The van der Waals surface area contributed by atoms with Crippen molar-refractivity contribution in [3.8, 4) is 11.8 Å². The van der Waals surface area contributed by atoms with Crippen LogP contribution in [0.25, 0.3) is 5.69 Å². The van der Waals surface area contributed by atoms with Gasteiger partial charge in [0.05, 0.1) is 17.4 Å². The Morgan fingerprint density at radius 1 is 1.33 bits per heavy atom. The van der Waals surface area contributed by atoms with E-state index in [0.717, 1.165) is 12.1 Å². The molecule has 0 aliphatic heterocycles. The first-order valence-corrected chi connectivity index (χ1v) is 4.87. The molecular weight excluding hydrogens is 186 g/mol. The van der Waals surface area contributed by atoms with Crippen molar-refractivity contribution >= 4 is 0 Å². The Balaban J connectivity index is 2.33. The third kappa shape index (κ3) is 1.89. The van der Waals surface area contributed by atoms with Gasteiger partial charge >= 0.3 is 0 Å². The average molecular weight is 197 g/mol. The van der Waals surface area contributed by atoms with Crippen LogP contribution in [0.15, 0.2) is 36.7 Å². The molecule has 0 aliphatic rings. The second-order valence-electron chi connectivity index (χ2n) is 3.31. The monoisotopic (exact) mass is 197 g/mol. The molecule has 0 saturated heterocycles. The predicted molar refractivity (Wildman–Crippen MR) is 57.7 cm³/mol. The first-order valence-electron chi connectivity index (χ1n) is 4.87. The fourth-order valence-corrected chi connectivity index (χ4v) is 1.41. The molecule has 0 saturated carbocycles. The molecule has 2 aromatic rings. The Bertz CT molecular complexity index is 488. The van der Waals surface area contributed by atoms with Gasteiger partial charge in [-0.3, -0.25) is 0 Å². The van der Waals surface area contributed by atoms with E-state index < -0.39 is 0 Å². The van der Waals surface area contributed by atoms with Crippen LogP contribution in [0.5, 0.6) is 0 Å². The normalized spacial score (nSPS) is 9.87. The molecule has 3 nitrogen and oxygen atoms in total. The van der Waals surface area contributed by atoms with Crippen LogP contribution in [0, 0.1) is 11.3 Å². The minimum Gasteiger partial charge on any atom is -0.240 e. The van der Waals surface area contributed by atoms with E-state index in [1.807, 2.05) is 12.1 Å². The fourth-order valence-electron chi connectivity index (χ4n) is 1.41. The number of nitrogens with zero attached hydrogens (tertiary/aromatic N) is 3. The summed E-state index contributed by atoms with van der Waals surface area (Å²) in [6.45, 7) is 2.12. The summed E-state index contributed by atoms with van der Waals surface area (Å²) in [5.41, 5.74) is 2.86. The quantitative estimate of drug-likeness (QED) is 0.741. The maximum atomic E-state index is 8.68. The number of rotatable bonds is 2. The van der Waals surface area contributed by atoms with E-state index in [0.29, 0.717) is 5.56 Å². The van der Waals surface area contributed by atoms with Crippen LogP contribution in [0.1, 0.15) is 18.1 Å². The van der Waals surface area contributed by atoms with E-state index in [-0.39, 0.29) is 0 Å². The third-order valence-corrected chi connectivity index (χ3v) is 2.32. The van der Waals surface area contributed by atoms with Gasteiger partial charge in [0.1, 0.15) is 6.07 Å². The minimum atomic E-state index is 0.578. The standard InChI is InChI=1S/C12H11N3/c1-2-10-3-5-12(6-4-10)15-9-11(7-13)8-14-15/h3-6,8-9H,2H2,1H3. The molecule has 0 spiro atoms. The molecule has 0 N–H and O–H groups in total. The van der Waals surface area contributed by atoms with Gasteiger partial charge in [0.2, 0.25) is 0 Å². The van der Waals surface area contributed by atoms with Crippen LogP contribution in [-0.4, -0.2) is 9.78 Å². The molecule has 74 valence electrons. The maximum Gasteiger partial charge on any atom is 0.102 e. The topological polar surface area (TPSA) is 41.6 Å². The Morgan fingerprint density at radius 3 is 2.60 bits per heavy atom. The van der Waals surface area contributed by atoms with Gasteiger partial charge in [-0.15, -0.1) is 0 Å². The molecule has 0 unspecified atom stereocenters. The van der Waals surface area contributed by atoms with Crippen molar-refractivity contribution in [2.75, 3.05) is 0 Å². The molecular formula is C12H11N3. The van der Waals surface area contributed by atoms with Gasteiger partial charge in [0.15, 0.2) is 0 Å². The molecule has 3 heteroatoms. The van der Waals surface area contributed by atoms with Crippen LogP contribution >= 0.6 is 0 Å². The number of nitriles is 1. The Hall–Kier alpha value is -2.08. The van der Waals surface area contributed by atoms with Crippen LogP contribution in [0.4, 0.5) is 0 Å². The van der Waals surface area contributed by atoms with Gasteiger partial charge in [-0.05, 0) is 24.1 Å². The van der Waals surface area contributed by atoms with Crippen molar-refractivity contribution in [3.63, 3.8) is 0 Å². The zero-order chi connectivity index (χ0) is 10.7. The van der Waals surface area contributed by atoms with E-state index in [1.165, 1.54) is 5.56 Å². The lowest BCUT2D eigenvalue weighted by atomic mass is 10.1. The SMILES string of the molecule is CCc1ccc(-n2cc(C#N)cn2)cc1. The summed E-state index contributed by atoms with van der Waals surface area (Å²) in [4.78, 5) is 0. The van der Waals surface area contributed by atoms with Crippen LogP contribution in [-0.2, 0) is 6.42 Å². The molecule has 1 heterocycles. The van der Waals surface area contributed by atoms with Crippen molar-refractivity contribution < 1.29 is 0 Å². The zero-order valence-electron chi connectivity index (χ0n) is 8.51. The van der Waals surface area contributed by atoms with Gasteiger partial charge in [0, 0.05) is 6.20 Å². The lowest BCUT2D eigenvalue weighted by Gasteiger charge is -2.01. The molecule has 0 atom stereocenters. The number of benzene rings is 1. The predicted octanol–water partition coefficient (Wildman–Crippen LogP) is 2.31. The van der Waals surface area contributed by atoms with Crippen molar-refractivity contribution in [2.45, 2.75) is 13.3 Å². The van der Waals surface area contributed by atoms with Gasteiger partial charge in [-0.1, -0.05) is 19.1 Å². The van der Waals surface area contributed by atoms with Crippen LogP contribution in [0.3, 0.4) is 0 Å². The van der Waals surface area contributed by atoms with Crippen molar-refractivity contribution in [1.29, 1.82) is 5.26 Å². The molecule has 1 aromatic heterocycles. The highest BCUT2D eigenvalue weighted by atomic mass is 15.3. The van der Waals surface area contributed by atoms with E-state index in [1.54, 1.807) is 17.1 Å². The number of hydrogen-bond acceptors (Lipinski definition) is 2. The largest absolute Gasteiger partial charge is 0.240 e. The Morgan fingerprint density at radius 2 is 2.07 bits per heavy atom. The molecule has 0 fully saturated rings. The van der Waals surface area contributed by atoms with Crippen LogP contribution in [0.2, 0.25) is 0 Å². The van der Waals surface area contributed by atoms with E-state index in [2.05, 4.69) is 30.2 Å².